The number of anilines is 1. The summed E-state index contributed by atoms with van der Waals surface area (Å²) in [6.07, 6.45) is 0. The summed E-state index contributed by atoms with van der Waals surface area (Å²) in [5, 5.41) is 3.76. The minimum absolute atomic E-state index is 0.0270. The van der Waals surface area contributed by atoms with Crippen LogP contribution in [-0.2, 0) is 11.3 Å². The Labute approximate surface area is 161 Å². The number of amides is 1. The molecule has 2 aromatic carbocycles. The fourth-order valence-electron chi connectivity index (χ4n) is 2.76. The smallest absolute Gasteiger partial charge is 0.234 e. The van der Waals surface area contributed by atoms with Gasteiger partial charge >= 0.3 is 0 Å². The Bertz CT molecular complexity index is 698. The Morgan fingerprint density at radius 3 is 2.23 bits per heavy atom. The predicted octanol–water partition coefficient (Wildman–Crippen LogP) is 4.11. The highest BCUT2D eigenvalue weighted by Gasteiger charge is 2.13. The van der Waals surface area contributed by atoms with Crippen molar-refractivity contribution in [2.24, 2.45) is 0 Å². The summed E-state index contributed by atoms with van der Waals surface area (Å²) in [7, 11) is 4.05. The minimum Gasteiger partial charge on any atom is -0.378 e. The number of rotatable bonds is 8. The van der Waals surface area contributed by atoms with E-state index in [0.717, 1.165) is 18.7 Å². The van der Waals surface area contributed by atoms with Gasteiger partial charge in [0.25, 0.3) is 0 Å². The molecule has 0 spiro atoms. The summed E-state index contributed by atoms with van der Waals surface area (Å²) < 4.78 is 0. The lowest BCUT2D eigenvalue weighted by molar-refractivity contribution is -0.123. The molecule has 0 unspecified atom stereocenters. The molecule has 0 heterocycles. The molecule has 0 saturated heterocycles. The van der Waals surface area contributed by atoms with E-state index in [-0.39, 0.29) is 11.9 Å². The molecule has 2 aromatic rings. The van der Waals surface area contributed by atoms with Crippen molar-refractivity contribution in [3.8, 4) is 0 Å². The van der Waals surface area contributed by atoms with Crippen LogP contribution in [-0.4, -0.2) is 38.0 Å². The Morgan fingerprint density at radius 2 is 1.69 bits per heavy atom. The predicted molar refractivity (Wildman–Crippen MR) is 110 cm³/mol. The first-order valence-corrected chi connectivity index (χ1v) is 9.30. The van der Waals surface area contributed by atoms with Crippen molar-refractivity contribution in [2.75, 3.05) is 32.1 Å². The molecule has 0 aliphatic heterocycles. The zero-order valence-electron chi connectivity index (χ0n) is 16.0. The molecule has 0 radical (unpaired) electrons. The van der Waals surface area contributed by atoms with Crippen LogP contribution in [0.2, 0.25) is 5.02 Å². The highest BCUT2D eigenvalue weighted by atomic mass is 35.5. The van der Waals surface area contributed by atoms with Gasteiger partial charge in [0.2, 0.25) is 5.91 Å². The first kappa shape index (κ1) is 20.3. The molecule has 1 atom stereocenters. The van der Waals surface area contributed by atoms with E-state index >= 15 is 0 Å². The number of benzene rings is 2. The Balaban J connectivity index is 1.89. The van der Waals surface area contributed by atoms with Crippen LogP contribution in [0.4, 0.5) is 5.69 Å². The van der Waals surface area contributed by atoms with Crippen LogP contribution in [0.3, 0.4) is 0 Å². The van der Waals surface area contributed by atoms with Crippen molar-refractivity contribution in [1.82, 2.24) is 10.2 Å². The molecule has 0 bridgehead atoms. The van der Waals surface area contributed by atoms with E-state index < -0.39 is 0 Å². The zero-order valence-corrected chi connectivity index (χ0v) is 16.8. The van der Waals surface area contributed by atoms with Crippen molar-refractivity contribution >= 4 is 23.2 Å². The lowest BCUT2D eigenvalue weighted by Crippen LogP contribution is -2.38. The van der Waals surface area contributed by atoms with Crippen molar-refractivity contribution in [1.29, 1.82) is 0 Å². The third-order valence-electron chi connectivity index (χ3n) is 4.42. The molecule has 1 amide bonds. The maximum atomic E-state index is 12.4. The van der Waals surface area contributed by atoms with E-state index in [1.807, 2.05) is 45.3 Å². The van der Waals surface area contributed by atoms with Crippen LogP contribution in [0.1, 0.15) is 31.0 Å². The van der Waals surface area contributed by atoms with Crippen molar-refractivity contribution in [3.05, 3.63) is 64.7 Å². The van der Waals surface area contributed by atoms with Crippen molar-refractivity contribution < 1.29 is 4.79 Å². The largest absolute Gasteiger partial charge is 0.378 e. The molecule has 1 N–H and O–H groups in total. The molecule has 0 aliphatic rings. The number of hydrogen-bond donors (Lipinski definition) is 1. The quantitative estimate of drug-likeness (QED) is 0.756. The number of hydrogen-bond acceptors (Lipinski definition) is 3. The molecular weight excluding hydrogens is 346 g/mol. The second-order valence-corrected chi connectivity index (χ2v) is 7.14. The standard InChI is InChI=1S/C21H28ClN3O/c1-5-25(14-17-6-12-20(13-7-17)24(3)4)15-21(26)23-16(2)18-8-10-19(22)11-9-18/h6-13,16H,5,14-15H2,1-4H3,(H,23,26)/t16-/m0/s1. The third kappa shape index (κ3) is 6.04. The number of halogens is 1. The van der Waals surface area contributed by atoms with Crippen molar-refractivity contribution in [2.45, 2.75) is 26.4 Å². The number of nitrogens with zero attached hydrogens (tertiary/aromatic N) is 2. The average molecular weight is 374 g/mol. The maximum Gasteiger partial charge on any atom is 0.234 e. The summed E-state index contributed by atoms with van der Waals surface area (Å²) in [4.78, 5) is 16.6. The lowest BCUT2D eigenvalue weighted by Gasteiger charge is -2.22. The summed E-state index contributed by atoms with van der Waals surface area (Å²) >= 11 is 5.92. The number of nitrogens with one attached hydrogen (secondary N) is 1. The van der Waals surface area contributed by atoms with Crippen LogP contribution in [0, 0.1) is 0 Å². The fourth-order valence-corrected chi connectivity index (χ4v) is 2.89. The molecule has 5 heteroatoms. The Kier molecular flexibility index (Phi) is 7.49. The van der Waals surface area contributed by atoms with Gasteiger partial charge in [0.05, 0.1) is 12.6 Å². The van der Waals surface area contributed by atoms with Gasteiger partial charge in [-0.3, -0.25) is 9.69 Å². The van der Waals surface area contributed by atoms with E-state index in [1.54, 1.807) is 0 Å². The van der Waals surface area contributed by atoms with Crippen LogP contribution < -0.4 is 10.2 Å². The topological polar surface area (TPSA) is 35.6 Å². The second-order valence-electron chi connectivity index (χ2n) is 6.70. The number of carbonyl (C=O) groups is 1. The number of carbonyl (C=O) groups excluding carboxylic acids is 1. The molecule has 2 rings (SSSR count). The molecule has 0 fully saturated rings. The van der Waals surface area contributed by atoms with E-state index in [0.29, 0.717) is 11.6 Å². The van der Waals surface area contributed by atoms with Crippen molar-refractivity contribution in [3.63, 3.8) is 0 Å². The molecule has 0 aliphatic carbocycles. The van der Waals surface area contributed by atoms with Gasteiger partial charge in [-0.05, 0) is 48.9 Å². The zero-order chi connectivity index (χ0) is 19.1. The van der Waals surface area contributed by atoms with E-state index in [1.165, 1.54) is 11.3 Å². The summed E-state index contributed by atoms with van der Waals surface area (Å²) in [6, 6.07) is 16.0. The van der Waals surface area contributed by atoms with E-state index in [2.05, 4.69) is 46.3 Å². The Morgan fingerprint density at radius 1 is 1.08 bits per heavy atom. The van der Waals surface area contributed by atoms with Gasteiger partial charge in [-0.2, -0.15) is 0 Å². The average Bonchev–Trinajstić information content (AvgIpc) is 2.62. The lowest BCUT2D eigenvalue weighted by atomic mass is 10.1. The maximum absolute atomic E-state index is 12.4. The molecule has 140 valence electrons. The second kappa shape index (κ2) is 9.60. The SMILES string of the molecule is CCN(CC(=O)N[C@@H](C)c1ccc(Cl)cc1)Cc1ccc(N(C)C)cc1. The first-order chi connectivity index (χ1) is 12.4. The minimum atomic E-state index is -0.0437. The summed E-state index contributed by atoms with van der Waals surface area (Å²) in [5.74, 6) is 0.0270. The fraction of sp³-hybridized carbons (Fsp3) is 0.381. The van der Waals surface area contributed by atoms with Gasteiger partial charge < -0.3 is 10.2 Å². The summed E-state index contributed by atoms with van der Waals surface area (Å²) in [6.45, 7) is 6.01. The summed E-state index contributed by atoms with van der Waals surface area (Å²) in [5.41, 5.74) is 3.42. The van der Waals surface area contributed by atoms with Crippen LogP contribution in [0.5, 0.6) is 0 Å². The highest BCUT2D eigenvalue weighted by molar-refractivity contribution is 6.30. The van der Waals surface area contributed by atoms with Gasteiger partial charge in [-0.15, -0.1) is 0 Å². The third-order valence-corrected chi connectivity index (χ3v) is 4.67. The monoisotopic (exact) mass is 373 g/mol. The van der Waals surface area contributed by atoms with Gasteiger partial charge in [0.15, 0.2) is 0 Å². The highest BCUT2D eigenvalue weighted by Crippen LogP contribution is 2.16. The van der Waals surface area contributed by atoms with Crippen LogP contribution in [0.15, 0.2) is 48.5 Å². The van der Waals surface area contributed by atoms with Crippen LogP contribution in [0.25, 0.3) is 0 Å². The van der Waals surface area contributed by atoms with Gasteiger partial charge in [-0.1, -0.05) is 42.8 Å². The molecule has 0 saturated carbocycles. The molecule has 26 heavy (non-hydrogen) atoms. The Hall–Kier alpha value is -2.04. The normalized spacial score (nSPS) is 12.1. The van der Waals surface area contributed by atoms with Crippen LogP contribution >= 0.6 is 11.6 Å². The molecule has 4 nitrogen and oxygen atoms in total. The van der Waals surface area contributed by atoms with Gasteiger partial charge in [0.1, 0.15) is 0 Å². The van der Waals surface area contributed by atoms with Gasteiger partial charge in [-0.25, -0.2) is 0 Å². The first-order valence-electron chi connectivity index (χ1n) is 8.92. The number of likely N-dealkylation sites (N-methyl/N-ethyl adjacent to an activating group) is 1. The molecular formula is C21H28ClN3O. The van der Waals surface area contributed by atoms with E-state index in [4.69, 9.17) is 11.6 Å². The van der Waals surface area contributed by atoms with Gasteiger partial charge in [0, 0.05) is 31.4 Å². The molecule has 0 aromatic heterocycles. The van der Waals surface area contributed by atoms with E-state index in [9.17, 15) is 4.79 Å².